The van der Waals surface area contributed by atoms with Crippen molar-refractivity contribution in [2.24, 2.45) is 4.99 Å². The molecule has 0 radical (unpaired) electrons. The van der Waals surface area contributed by atoms with Gasteiger partial charge in [0.05, 0.1) is 10.6 Å². The minimum absolute atomic E-state index is 0.0785. The summed E-state index contributed by atoms with van der Waals surface area (Å²) in [4.78, 5) is 17.0. The summed E-state index contributed by atoms with van der Waals surface area (Å²) in [5, 5.41) is 10.6. The Morgan fingerprint density at radius 2 is 1.83 bits per heavy atom. The molecule has 3 rings (SSSR count). The third kappa shape index (κ3) is 3.56. The lowest BCUT2D eigenvalue weighted by molar-refractivity contribution is -0.384. The smallest absolute Gasteiger partial charge is 0.269 e. The zero-order valence-corrected chi connectivity index (χ0v) is 13.1. The molecule has 5 heteroatoms. The average Bonchev–Trinajstić information content (AvgIpc) is 3.07. The maximum absolute atomic E-state index is 10.6. The number of non-ortho nitro benzene ring substituents is 1. The minimum Gasteiger partial charge on any atom is -0.371 e. The maximum atomic E-state index is 10.6. The minimum atomic E-state index is -0.409. The van der Waals surface area contributed by atoms with Gasteiger partial charge in [-0.15, -0.1) is 0 Å². The molecule has 1 saturated heterocycles. The molecular weight excluding hydrogens is 290 g/mol. The van der Waals surface area contributed by atoms with E-state index in [1.54, 1.807) is 18.3 Å². The van der Waals surface area contributed by atoms with Crippen LogP contribution in [0.15, 0.2) is 47.5 Å². The fourth-order valence-electron chi connectivity index (χ4n) is 2.88. The van der Waals surface area contributed by atoms with Crippen molar-refractivity contribution in [1.29, 1.82) is 0 Å². The molecule has 0 atom stereocenters. The highest BCUT2D eigenvalue weighted by Gasteiger charge is 2.13. The lowest BCUT2D eigenvalue weighted by atomic mass is 10.1. The van der Waals surface area contributed by atoms with Crippen LogP contribution in [-0.4, -0.2) is 24.2 Å². The van der Waals surface area contributed by atoms with Gasteiger partial charge in [0.1, 0.15) is 0 Å². The average molecular weight is 309 g/mol. The number of nitrogens with zero attached hydrogens (tertiary/aromatic N) is 3. The SMILES string of the molecule is Cc1cc(C=Nc2ccc([N+](=O)[O-])cc2)ccc1N1CCCC1. The molecular formula is C18H19N3O2. The molecule has 0 amide bonds. The summed E-state index contributed by atoms with van der Waals surface area (Å²) in [6.45, 7) is 4.39. The van der Waals surface area contributed by atoms with Gasteiger partial charge in [-0.3, -0.25) is 15.1 Å². The molecule has 0 bridgehead atoms. The van der Waals surface area contributed by atoms with Crippen LogP contribution >= 0.6 is 0 Å². The Morgan fingerprint density at radius 1 is 1.13 bits per heavy atom. The van der Waals surface area contributed by atoms with Crippen LogP contribution < -0.4 is 4.90 Å². The van der Waals surface area contributed by atoms with Crippen molar-refractivity contribution in [2.75, 3.05) is 18.0 Å². The molecule has 2 aromatic rings. The first kappa shape index (κ1) is 15.2. The van der Waals surface area contributed by atoms with E-state index in [-0.39, 0.29) is 5.69 Å². The van der Waals surface area contributed by atoms with Crippen LogP contribution in [0.2, 0.25) is 0 Å². The molecule has 2 aromatic carbocycles. The zero-order valence-electron chi connectivity index (χ0n) is 13.1. The molecule has 1 fully saturated rings. The van der Waals surface area contributed by atoms with E-state index < -0.39 is 4.92 Å². The number of anilines is 1. The molecule has 1 aliphatic heterocycles. The largest absolute Gasteiger partial charge is 0.371 e. The highest BCUT2D eigenvalue weighted by Crippen LogP contribution is 2.25. The number of nitro groups is 1. The first-order chi connectivity index (χ1) is 11.1. The van der Waals surface area contributed by atoms with Crippen molar-refractivity contribution in [3.63, 3.8) is 0 Å². The monoisotopic (exact) mass is 309 g/mol. The zero-order chi connectivity index (χ0) is 16.2. The predicted octanol–water partition coefficient (Wildman–Crippen LogP) is 4.25. The van der Waals surface area contributed by atoms with Crippen LogP contribution in [0.1, 0.15) is 24.0 Å². The van der Waals surface area contributed by atoms with E-state index in [9.17, 15) is 10.1 Å². The van der Waals surface area contributed by atoms with Crippen LogP contribution in [0.3, 0.4) is 0 Å². The Hall–Kier alpha value is -2.69. The quantitative estimate of drug-likeness (QED) is 0.482. The molecule has 118 valence electrons. The lowest BCUT2D eigenvalue weighted by Gasteiger charge is -2.20. The van der Waals surface area contributed by atoms with E-state index in [2.05, 4.69) is 35.0 Å². The van der Waals surface area contributed by atoms with Crippen molar-refractivity contribution in [2.45, 2.75) is 19.8 Å². The Morgan fingerprint density at radius 3 is 2.43 bits per heavy atom. The number of hydrogen-bond donors (Lipinski definition) is 0. The highest BCUT2D eigenvalue weighted by atomic mass is 16.6. The molecule has 1 aliphatic rings. The molecule has 0 aromatic heterocycles. The van der Waals surface area contributed by atoms with E-state index >= 15 is 0 Å². The standard InChI is InChI=1S/C18H19N3O2/c1-14-12-15(4-9-18(14)20-10-2-3-11-20)13-19-16-5-7-17(8-6-16)21(22)23/h4-9,12-13H,2-3,10-11H2,1H3. The number of aryl methyl sites for hydroxylation is 1. The van der Waals surface area contributed by atoms with Gasteiger partial charge < -0.3 is 4.90 Å². The molecule has 0 N–H and O–H groups in total. The first-order valence-electron chi connectivity index (χ1n) is 7.77. The van der Waals surface area contributed by atoms with Gasteiger partial charge >= 0.3 is 0 Å². The van der Waals surface area contributed by atoms with Gasteiger partial charge in [-0.1, -0.05) is 6.07 Å². The molecule has 5 nitrogen and oxygen atoms in total. The normalized spacial score (nSPS) is 14.6. The first-order valence-corrected chi connectivity index (χ1v) is 7.77. The molecule has 0 saturated carbocycles. The van der Waals surface area contributed by atoms with Crippen molar-refractivity contribution < 1.29 is 4.92 Å². The third-order valence-electron chi connectivity index (χ3n) is 4.09. The van der Waals surface area contributed by atoms with E-state index in [4.69, 9.17) is 0 Å². The molecule has 0 spiro atoms. The second kappa shape index (κ2) is 6.60. The van der Waals surface area contributed by atoms with Crippen molar-refractivity contribution >= 4 is 23.3 Å². The second-order valence-electron chi connectivity index (χ2n) is 5.77. The molecule has 23 heavy (non-hydrogen) atoms. The molecule has 1 heterocycles. The fourth-order valence-corrected chi connectivity index (χ4v) is 2.88. The van der Waals surface area contributed by atoms with Gasteiger partial charge in [0.2, 0.25) is 0 Å². The number of hydrogen-bond acceptors (Lipinski definition) is 4. The lowest BCUT2D eigenvalue weighted by Crippen LogP contribution is -2.18. The van der Waals surface area contributed by atoms with Gasteiger partial charge in [0.15, 0.2) is 0 Å². The van der Waals surface area contributed by atoms with Gasteiger partial charge in [-0.05, 0) is 55.2 Å². The summed E-state index contributed by atoms with van der Waals surface area (Å²) in [5.74, 6) is 0. The van der Waals surface area contributed by atoms with E-state index in [1.165, 1.54) is 36.2 Å². The van der Waals surface area contributed by atoms with Crippen LogP contribution in [0.25, 0.3) is 0 Å². The topological polar surface area (TPSA) is 58.7 Å². The molecule has 0 unspecified atom stereocenters. The summed E-state index contributed by atoms with van der Waals surface area (Å²) in [5.41, 5.74) is 4.37. The number of rotatable bonds is 4. The van der Waals surface area contributed by atoms with Gasteiger partial charge in [0.25, 0.3) is 5.69 Å². The summed E-state index contributed by atoms with van der Waals surface area (Å²) >= 11 is 0. The van der Waals surface area contributed by atoms with Gasteiger partial charge in [-0.2, -0.15) is 0 Å². The Balaban J connectivity index is 1.74. The highest BCUT2D eigenvalue weighted by molar-refractivity contribution is 5.83. The summed E-state index contributed by atoms with van der Waals surface area (Å²) in [7, 11) is 0. The summed E-state index contributed by atoms with van der Waals surface area (Å²) in [6, 6.07) is 12.6. The van der Waals surface area contributed by atoms with Crippen molar-refractivity contribution in [3.8, 4) is 0 Å². The Labute approximate surface area is 135 Å². The number of nitro benzene ring substituents is 1. The van der Waals surface area contributed by atoms with Gasteiger partial charge in [0, 0.05) is 37.1 Å². The second-order valence-corrected chi connectivity index (χ2v) is 5.77. The van der Waals surface area contributed by atoms with Crippen LogP contribution in [0, 0.1) is 17.0 Å². The number of aliphatic imine (C=N–C) groups is 1. The van der Waals surface area contributed by atoms with E-state index in [1.807, 2.05) is 0 Å². The van der Waals surface area contributed by atoms with E-state index in [0.717, 1.165) is 18.7 Å². The van der Waals surface area contributed by atoms with Crippen molar-refractivity contribution in [1.82, 2.24) is 0 Å². The van der Waals surface area contributed by atoms with Gasteiger partial charge in [-0.25, -0.2) is 0 Å². The van der Waals surface area contributed by atoms with Crippen molar-refractivity contribution in [3.05, 3.63) is 63.7 Å². The van der Waals surface area contributed by atoms with Crippen LogP contribution in [-0.2, 0) is 0 Å². The Kier molecular flexibility index (Phi) is 4.37. The Bertz CT molecular complexity index is 732. The predicted molar refractivity (Wildman–Crippen MR) is 93.0 cm³/mol. The van der Waals surface area contributed by atoms with E-state index in [0.29, 0.717) is 5.69 Å². The number of benzene rings is 2. The summed E-state index contributed by atoms with van der Waals surface area (Å²) in [6.07, 6.45) is 4.33. The van der Waals surface area contributed by atoms with Crippen LogP contribution in [0.5, 0.6) is 0 Å². The molecule has 0 aliphatic carbocycles. The van der Waals surface area contributed by atoms with Crippen LogP contribution in [0.4, 0.5) is 17.1 Å². The fraction of sp³-hybridized carbons (Fsp3) is 0.278. The maximum Gasteiger partial charge on any atom is 0.269 e. The third-order valence-corrected chi connectivity index (χ3v) is 4.09. The summed E-state index contributed by atoms with van der Waals surface area (Å²) < 4.78 is 0.